The number of methoxy groups -OCH3 is 1. The Morgan fingerprint density at radius 3 is 2.67 bits per heavy atom. The number of carbonyl (C=O) groups excluding carboxylic acids is 3. The van der Waals surface area contributed by atoms with Gasteiger partial charge in [-0.05, 0) is 26.0 Å². The van der Waals surface area contributed by atoms with Crippen LogP contribution >= 0.6 is 0 Å². The summed E-state index contributed by atoms with van der Waals surface area (Å²) in [5, 5.41) is 0. The molecule has 0 radical (unpaired) electrons. The number of nitrogens with zero attached hydrogens (tertiary/aromatic N) is 2. The molecule has 1 aromatic rings. The molecule has 7 nitrogen and oxygen atoms in total. The van der Waals surface area contributed by atoms with Crippen LogP contribution in [0.3, 0.4) is 0 Å². The van der Waals surface area contributed by atoms with Gasteiger partial charge in [0.25, 0.3) is 5.91 Å². The van der Waals surface area contributed by atoms with Crippen molar-refractivity contribution in [3.8, 4) is 5.75 Å². The summed E-state index contributed by atoms with van der Waals surface area (Å²) in [5.74, 6) is -0.322. The van der Waals surface area contributed by atoms with Crippen LogP contribution in [0.5, 0.6) is 5.75 Å². The molecule has 0 aromatic heterocycles. The highest BCUT2D eigenvalue weighted by molar-refractivity contribution is 5.98. The maximum absolute atomic E-state index is 12.4. The Labute approximate surface area is 141 Å². The van der Waals surface area contributed by atoms with E-state index >= 15 is 0 Å². The standard InChI is InChI=1S/C17H22N2O5/c1-17(2,16(22)23-4)18(3)14(20)9-10-19-12-7-5-6-8-13(12)24-11-15(19)21/h5-8H,9-11H2,1-4H3. The number of fused-ring (bicyclic) bond motifs is 1. The van der Waals surface area contributed by atoms with Crippen LogP contribution in [0.1, 0.15) is 20.3 Å². The van der Waals surface area contributed by atoms with Crippen LogP contribution in [0.2, 0.25) is 0 Å². The highest BCUT2D eigenvalue weighted by Crippen LogP contribution is 2.31. The minimum atomic E-state index is -1.07. The van der Waals surface area contributed by atoms with Crippen LogP contribution in [0.25, 0.3) is 0 Å². The highest BCUT2D eigenvalue weighted by Gasteiger charge is 2.36. The van der Waals surface area contributed by atoms with Gasteiger partial charge in [0, 0.05) is 20.0 Å². The van der Waals surface area contributed by atoms with Crippen molar-refractivity contribution in [2.24, 2.45) is 0 Å². The van der Waals surface area contributed by atoms with Crippen molar-refractivity contribution >= 4 is 23.5 Å². The third kappa shape index (κ3) is 3.34. The fourth-order valence-electron chi connectivity index (χ4n) is 2.47. The highest BCUT2D eigenvalue weighted by atomic mass is 16.5. The summed E-state index contributed by atoms with van der Waals surface area (Å²) in [6, 6.07) is 7.19. The van der Waals surface area contributed by atoms with Crippen LogP contribution < -0.4 is 9.64 Å². The van der Waals surface area contributed by atoms with Crippen molar-refractivity contribution in [2.45, 2.75) is 25.8 Å². The van der Waals surface area contributed by atoms with Crippen molar-refractivity contribution in [3.63, 3.8) is 0 Å². The summed E-state index contributed by atoms with van der Waals surface area (Å²) < 4.78 is 10.1. The zero-order chi connectivity index (χ0) is 17.9. The quantitative estimate of drug-likeness (QED) is 0.757. The number of hydrogen-bond acceptors (Lipinski definition) is 5. The van der Waals surface area contributed by atoms with Crippen LogP contribution in [0.4, 0.5) is 5.69 Å². The number of hydrogen-bond donors (Lipinski definition) is 0. The summed E-state index contributed by atoms with van der Waals surface area (Å²) >= 11 is 0. The molecule has 2 rings (SSSR count). The Hall–Kier alpha value is -2.57. The van der Waals surface area contributed by atoms with Gasteiger partial charge in [-0.2, -0.15) is 0 Å². The van der Waals surface area contributed by atoms with Crippen LogP contribution in [-0.4, -0.2) is 55.5 Å². The smallest absolute Gasteiger partial charge is 0.331 e. The van der Waals surface area contributed by atoms with E-state index in [-0.39, 0.29) is 31.4 Å². The van der Waals surface area contributed by atoms with Gasteiger partial charge in [-0.3, -0.25) is 9.59 Å². The van der Waals surface area contributed by atoms with Crippen molar-refractivity contribution < 1.29 is 23.9 Å². The lowest BCUT2D eigenvalue weighted by Gasteiger charge is -2.34. The van der Waals surface area contributed by atoms with E-state index in [0.29, 0.717) is 11.4 Å². The summed E-state index contributed by atoms with van der Waals surface area (Å²) in [4.78, 5) is 39.2. The van der Waals surface area contributed by atoms with E-state index in [0.717, 1.165) is 0 Å². The summed E-state index contributed by atoms with van der Waals surface area (Å²) in [7, 11) is 2.83. The van der Waals surface area contributed by atoms with Crippen LogP contribution in [0, 0.1) is 0 Å². The second kappa shape index (κ2) is 6.90. The molecule has 1 aliphatic rings. The van der Waals surface area contributed by atoms with E-state index in [1.807, 2.05) is 12.1 Å². The number of benzene rings is 1. The maximum Gasteiger partial charge on any atom is 0.331 e. The molecule has 0 fully saturated rings. The van der Waals surface area contributed by atoms with Gasteiger partial charge in [0.05, 0.1) is 12.8 Å². The fraction of sp³-hybridized carbons (Fsp3) is 0.471. The molecule has 0 bridgehead atoms. The average Bonchev–Trinajstić information content (AvgIpc) is 2.59. The first-order chi connectivity index (χ1) is 11.3. The van der Waals surface area contributed by atoms with Gasteiger partial charge in [0.2, 0.25) is 5.91 Å². The van der Waals surface area contributed by atoms with Gasteiger partial charge in [0.1, 0.15) is 11.3 Å². The molecule has 1 aliphatic heterocycles. The zero-order valence-electron chi connectivity index (χ0n) is 14.4. The predicted molar refractivity (Wildman–Crippen MR) is 87.8 cm³/mol. The molecule has 7 heteroatoms. The predicted octanol–water partition coefficient (Wildman–Crippen LogP) is 1.21. The number of ether oxygens (including phenoxy) is 2. The topological polar surface area (TPSA) is 76.2 Å². The number of likely N-dealkylation sites (N-methyl/N-ethyl adjacent to an activating group) is 1. The van der Waals surface area contributed by atoms with Gasteiger partial charge in [-0.1, -0.05) is 12.1 Å². The lowest BCUT2D eigenvalue weighted by molar-refractivity contribution is -0.158. The minimum absolute atomic E-state index is 0.0469. The lowest BCUT2D eigenvalue weighted by Crippen LogP contribution is -2.52. The Morgan fingerprint density at radius 1 is 1.33 bits per heavy atom. The minimum Gasteiger partial charge on any atom is -0.482 e. The molecule has 1 heterocycles. The van der Waals surface area contributed by atoms with Gasteiger partial charge >= 0.3 is 5.97 Å². The summed E-state index contributed by atoms with van der Waals surface area (Å²) in [5.41, 5.74) is -0.421. The number of para-hydroxylation sites is 2. The van der Waals surface area contributed by atoms with E-state index in [1.165, 1.54) is 16.9 Å². The molecule has 0 unspecified atom stereocenters. The zero-order valence-corrected chi connectivity index (χ0v) is 14.4. The molecule has 0 saturated carbocycles. The van der Waals surface area contributed by atoms with Crippen molar-refractivity contribution in [2.75, 3.05) is 32.2 Å². The Morgan fingerprint density at radius 2 is 2.00 bits per heavy atom. The summed E-state index contributed by atoms with van der Waals surface area (Å²) in [6.45, 7) is 3.41. The Kier molecular flexibility index (Phi) is 5.11. The van der Waals surface area contributed by atoms with Crippen molar-refractivity contribution in [1.82, 2.24) is 4.90 Å². The van der Waals surface area contributed by atoms with E-state index in [2.05, 4.69) is 0 Å². The third-order valence-electron chi connectivity index (χ3n) is 4.26. The molecule has 0 spiro atoms. The molecule has 24 heavy (non-hydrogen) atoms. The first kappa shape index (κ1) is 17.8. The molecule has 0 N–H and O–H groups in total. The largest absolute Gasteiger partial charge is 0.482 e. The first-order valence-corrected chi connectivity index (χ1v) is 7.66. The fourth-order valence-corrected chi connectivity index (χ4v) is 2.47. The number of amides is 2. The van der Waals surface area contributed by atoms with Gasteiger partial charge < -0.3 is 19.3 Å². The van der Waals surface area contributed by atoms with Gasteiger partial charge in [0.15, 0.2) is 6.61 Å². The number of anilines is 1. The lowest BCUT2D eigenvalue weighted by atomic mass is 10.0. The second-order valence-corrected chi connectivity index (χ2v) is 6.06. The number of rotatable bonds is 5. The molecule has 0 aliphatic carbocycles. The molecule has 1 aromatic carbocycles. The normalized spacial score (nSPS) is 13.8. The Bertz CT molecular complexity index is 656. The number of esters is 1. The second-order valence-electron chi connectivity index (χ2n) is 6.06. The molecular weight excluding hydrogens is 312 g/mol. The first-order valence-electron chi connectivity index (χ1n) is 7.66. The van der Waals surface area contributed by atoms with E-state index in [1.54, 1.807) is 33.0 Å². The van der Waals surface area contributed by atoms with Crippen molar-refractivity contribution in [1.29, 1.82) is 0 Å². The SMILES string of the molecule is COC(=O)C(C)(C)N(C)C(=O)CCN1C(=O)COc2ccccc21. The van der Waals surface area contributed by atoms with Crippen LogP contribution in [-0.2, 0) is 19.1 Å². The van der Waals surface area contributed by atoms with Gasteiger partial charge in [-0.15, -0.1) is 0 Å². The maximum atomic E-state index is 12.4. The van der Waals surface area contributed by atoms with E-state index in [9.17, 15) is 14.4 Å². The molecule has 2 amide bonds. The average molecular weight is 334 g/mol. The van der Waals surface area contributed by atoms with E-state index < -0.39 is 11.5 Å². The summed E-state index contributed by atoms with van der Waals surface area (Å²) in [6.07, 6.45) is 0.0942. The number of carbonyl (C=O) groups is 3. The van der Waals surface area contributed by atoms with Gasteiger partial charge in [-0.25, -0.2) is 4.79 Å². The van der Waals surface area contributed by atoms with Crippen molar-refractivity contribution in [3.05, 3.63) is 24.3 Å². The Balaban J connectivity index is 2.06. The van der Waals surface area contributed by atoms with Crippen LogP contribution in [0.15, 0.2) is 24.3 Å². The monoisotopic (exact) mass is 334 g/mol. The van der Waals surface area contributed by atoms with E-state index in [4.69, 9.17) is 9.47 Å². The molecule has 130 valence electrons. The molecule has 0 atom stereocenters. The third-order valence-corrected chi connectivity index (χ3v) is 4.26. The molecular formula is C17H22N2O5. The molecule has 0 saturated heterocycles.